The van der Waals surface area contributed by atoms with Crippen LogP contribution < -0.4 is 10.1 Å². The maximum absolute atomic E-state index is 12.1. The smallest absolute Gasteiger partial charge is 0.237 e. The number of carbonyl (C=O) groups is 1. The lowest BCUT2D eigenvalue weighted by Gasteiger charge is -2.34. The number of amides is 1. The van der Waals surface area contributed by atoms with Crippen molar-refractivity contribution < 1.29 is 9.53 Å². The summed E-state index contributed by atoms with van der Waals surface area (Å²) in [6, 6.07) is 7.30. The molecule has 0 aromatic heterocycles. The van der Waals surface area contributed by atoms with Crippen LogP contribution in [-0.4, -0.2) is 65.5 Å². The molecule has 0 radical (unpaired) electrons. The van der Waals surface area contributed by atoms with E-state index in [9.17, 15) is 4.79 Å². The molecule has 1 aromatic rings. The summed E-state index contributed by atoms with van der Waals surface area (Å²) in [7, 11) is 0. The third-order valence-electron chi connectivity index (χ3n) is 6.06. The minimum absolute atomic E-state index is 0.00922. The Labute approximate surface area is 166 Å². The number of fused-ring (bicyclic) bond motifs is 1. The summed E-state index contributed by atoms with van der Waals surface area (Å²) in [4.78, 5) is 17.1. The van der Waals surface area contributed by atoms with Gasteiger partial charge in [-0.15, -0.1) is 0 Å². The molecule has 3 aliphatic rings. The molecule has 27 heavy (non-hydrogen) atoms. The fraction of sp³-hybridized carbons (Fsp3) is 0.667. The number of nitrogens with one attached hydrogen (secondary N) is 1. The minimum atomic E-state index is -0.00922. The molecule has 1 amide bonds. The molecule has 0 aliphatic carbocycles. The molecule has 1 aromatic carbocycles. The Balaban J connectivity index is 1.48. The predicted octanol–water partition coefficient (Wildman–Crippen LogP) is 2.49. The summed E-state index contributed by atoms with van der Waals surface area (Å²) in [5.41, 5.74) is 2.59. The summed E-state index contributed by atoms with van der Waals surface area (Å²) in [5.74, 6) is 3.77. The largest absolute Gasteiger partial charge is 0.492 e. The number of piperazine rings is 1. The van der Waals surface area contributed by atoms with Gasteiger partial charge in [0.1, 0.15) is 12.4 Å². The Morgan fingerprint density at radius 3 is 2.93 bits per heavy atom. The second-order valence-corrected chi connectivity index (χ2v) is 9.01. The average molecular weight is 390 g/mol. The fourth-order valence-electron chi connectivity index (χ4n) is 4.56. The first-order valence-electron chi connectivity index (χ1n) is 10.3. The van der Waals surface area contributed by atoms with E-state index < -0.39 is 0 Å². The van der Waals surface area contributed by atoms with Crippen molar-refractivity contribution in [2.75, 3.05) is 37.7 Å². The van der Waals surface area contributed by atoms with Gasteiger partial charge >= 0.3 is 0 Å². The molecular formula is C21H31N3O2S. The van der Waals surface area contributed by atoms with Gasteiger partial charge in [-0.3, -0.25) is 14.6 Å². The molecule has 1 N–H and O–H groups in total. The molecule has 0 spiro atoms. The van der Waals surface area contributed by atoms with Gasteiger partial charge in [-0.2, -0.15) is 11.8 Å². The zero-order valence-corrected chi connectivity index (χ0v) is 17.1. The lowest BCUT2D eigenvalue weighted by Crippen LogP contribution is -2.54. The minimum Gasteiger partial charge on any atom is -0.492 e. The quantitative estimate of drug-likeness (QED) is 0.857. The summed E-state index contributed by atoms with van der Waals surface area (Å²) < 4.78 is 6.05. The van der Waals surface area contributed by atoms with Crippen molar-refractivity contribution >= 4 is 17.7 Å². The first-order valence-corrected chi connectivity index (χ1v) is 11.5. The van der Waals surface area contributed by atoms with E-state index in [0.29, 0.717) is 6.04 Å². The van der Waals surface area contributed by atoms with Gasteiger partial charge in [0, 0.05) is 44.3 Å². The van der Waals surface area contributed by atoms with Crippen molar-refractivity contribution in [1.82, 2.24) is 15.1 Å². The van der Waals surface area contributed by atoms with Gasteiger partial charge in [0.2, 0.25) is 5.91 Å². The summed E-state index contributed by atoms with van der Waals surface area (Å²) >= 11 is 2.08. The highest BCUT2D eigenvalue weighted by Crippen LogP contribution is 2.29. The number of carbonyl (C=O) groups excluding carboxylic acids is 1. The highest BCUT2D eigenvalue weighted by Gasteiger charge is 2.29. The number of thioether (sulfide) groups is 1. The highest BCUT2D eigenvalue weighted by molar-refractivity contribution is 7.99. The molecule has 3 aliphatic heterocycles. The van der Waals surface area contributed by atoms with Gasteiger partial charge in [-0.05, 0) is 48.5 Å². The molecule has 148 valence electrons. The molecule has 0 saturated carbocycles. The molecular weight excluding hydrogens is 358 g/mol. The number of benzene rings is 1. The topological polar surface area (TPSA) is 44.8 Å². The van der Waals surface area contributed by atoms with E-state index in [4.69, 9.17) is 4.74 Å². The Bertz CT molecular complexity index is 663. The molecule has 2 saturated heterocycles. The van der Waals surface area contributed by atoms with Crippen LogP contribution in [0.1, 0.15) is 37.3 Å². The van der Waals surface area contributed by atoms with Gasteiger partial charge in [-0.1, -0.05) is 13.0 Å². The van der Waals surface area contributed by atoms with E-state index in [1.165, 1.54) is 35.5 Å². The molecule has 1 atom stereocenters. The van der Waals surface area contributed by atoms with Crippen LogP contribution in [0.4, 0.5) is 0 Å². The van der Waals surface area contributed by atoms with Crippen LogP contribution in [0.5, 0.6) is 5.75 Å². The molecule has 6 heteroatoms. The average Bonchev–Trinajstić information content (AvgIpc) is 2.91. The van der Waals surface area contributed by atoms with Gasteiger partial charge in [0.05, 0.1) is 6.04 Å². The van der Waals surface area contributed by atoms with Crippen LogP contribution in [0.25, 0.3) is 0 Å². The molecule has 0 bridgehead atoms. The van der Waals surface area contributed by atoms with Crippen LogP contribution in [-0.2, 0) is 17.9 Å². The maximum atomic E-state index is 12.1. The lowest BCUT2D eigenvalue weighted by atomic mass is 10.0. The first kappa shape index (κ1) is 19.1. The Morgan fingerprint density at radius 2 is 2.11 bits per heavy atom. The Kier molecular flexibility index (Phi) is 6.25. The van der Waals surface area contributed by atoms with Crippen molar-refractivity contribution in [3.05, 3.63) is 29.3 Å². The number of rotatable bonds is 4. The predicted molar refractivity (Wildman–Crippen MR) is 110 cm³/mol. The molecule has 1 unspecified atom stereocenters. The van der Waals surface area contributed by atoms with Crippen LogP contribution in [0.15, 0.2) is 18.2 Å². The molecule has 5 nitrogen and oxygen atoms in total. The number of nitrogens with zero attached hydrogens (tertiary/aromatic N) is 2. The third kappa shape index (κ3) is 4.44. The van der Waals surface area contributed by atoms with E-state index in [-0.39, 0.29) is 11.9 Å². The molecule has 4 rings (SSSR count). The van der Waals surface area contributed by atoms with Gasteiger partial charge in [0.25, 0.3) is 0 Å². The lowest BCUT2D eigenvalue weighted by molar-refractivity contribution is -0.129. The van der Waals surface area contributed by atoms with Crippen LogP contribution in [0.3, 0.4) is 0 Å². The highest BCUT2D eigenvalue weighted by atomic mass is 32.2. The van der Waals surface area contributed by atoms with E-state index >= 15 is 0 Å². The SMILES string of the molecule is CCC1C(=O)NCCN1Cc1ccc2c(c1)CN(C1CCSCC1)CCO2. The van der Waals surface area contributed by atoms with E-state index in [1.54, 1.807) is 0 Å². The standard InChI is InChI=1S/C21H31N3O2S/c1-2-19-21(25)22-7-8-24(19)14-16-3-4-20-17(13-16)15-23(9-10-26-20)18-5-11-27-12-6-18/h3-4,13,18-19H,2,5-12,14-15H2,1H3,(H,22,25). The van der Waals surface area contributed by atoms with E-state index in [2.05, 4.69) is 52.0 Å². The van der Waals surface area contributed by atoms with Crippen LogP contribution in [0, 0.1) is 0 Å². The van der Waals surface area contributed by atoms with E-state index in [0.717, 1.165) is 51.5 Å². The number of ether oxygens (including phenoxy) is 1. The third-order valence-corrected chi connectivity index (χ3v) is 7.10. The summed E-state index contributed by atoms with van der Waals surface area (Å²) in [5, 5.41) is 2.99. The van der Waals surface area contributed by atoms with Crippen molar-refractivity contribution in [3.8, 4) is 5.75 Å². The van der Waals surface area contributed by atoms with Gasteiger partial charge in [-0.25, -0.2) is 0 Å². The maximum Gasteiger partial charge on any atom is 0.237 e. The molecule has 3 heterocycles. The zero-order chi connectivity index (χ0) is 18.6. The zero-order valence-electron chi connectivity index (χ0n) is 16.3. The second-order valence-electron chi connectivity index (χ2n) is 7.79. The normalized spacial score (nSPS) is 25.4. The van der Waals surface area contributed by atoms with Gasteiger partial charge < -0.3 is 10.1 Å². The number of hydrogen-bond acceptors (Lipinski definition) is 5. The number of hydrogen-bond donors (Lipinski definition) is 1. The Morgan fingerprint density at radius 1 is 1.26 bits per heavy atom. The monoisotopic (exact) mass is 389 g/mol. The Hall–Kier alpha value is -1.24. The first-order chi connectivity index (χ1) is 13.2. The van der Waals surface area contributed by atoms with Crippen molar-refractivity contribution in [2.45, 2.75) is 51.4 Å². The van der Waals surface area contributed by atoms with E-state index in [1.807, 2.05) is 0 Å². The van der Waals surface area contributed by atoms with Crippen molar-refractivity contribution in [3.63, 3.8) is 0 Å². The second kappa shape index (κ2) is 8.84. The van der Waals surface area contributed by atoms with Crippen molar-refractivity contribution in [2.24, 2.45) is 0 Å². The van der Waals surface area contributed by atoms with Crippen LogP contribution in [0.2, 0.25) is 0 Å². The fourth-order valence-corrected chi connectivity index (χ4v) is 5.64. The van der Waals surface area contributed by atoms with Crippen LogP contribution >= 0.6 is 11.8 Å². The summed E-state index contributed by atoms with van der Waals surface area (Å²) in [6.45, 7) is 7.37. The summed E-state index contributed by atoms with van der Waals surface area (Å²) in [6.07, 6.45) is 3.44. The van der Waals surface area contributed by atoms with Gasteiger partial charge in [0.15, 0.2) is 0 Å². The van der Waals surface area contributed by atoms with Crippen molar-refractivity contribution in [1.29, 1.82) is 0 Å². The molecule has 2 fully saturated rings.